The van der Waals surface area contributed by atoms with Crippen molar-refractivity contribution in [2.45, 2.75) is 12.6 Å². The average Bonchev–Trinajstić information content (AvgIpc) is 3.35. The van der Waals surface area contributed by atoms with Crippen molar-refractivity contribution in [2.24, 2.45) is 0 Å². The van der Waals surface area contributed by atoms with Crippen molar-refractivity contribution < 1.29 is 13.9 Å². The van der Waals surface area contributed by atoms with Gasteiger partial charge < -0.3 is 9.64 Å². The number of fused-ring (bicyclic) bond motifs is 1. The molecule has 0 radical (unpaired) electrons. The van der Waals surface area contributed by atoms with Crippen LogP contribution in [0.25, 0.3) is 11.3 Å². The number of halogens is 2. The Morgan fingerprint density at radius 1 is 1.03 bits per heavy atom. The van der Waals surface area contributed by atoms with Gasteiger partial charge in [-0.3, -0.25) is 9.89 Å². The second kappa shape index (κ2) is 8.13. The zero-order chi connectivity index (χ0) is 22.2. The van der Waals surface area contributed by atoms with Gasteiger partial charge in [-0.05, 0) is 59.7 Å². The first-order valence-electron chi connectivity index (χ1n) is 10.1. The SMILES string of the molecule is COc1ccc(-c2n[nH]c3c2C(c2ccc(F)cc2)N(Cc2ccc(Cl)cc2)C3=O)cc1. The first-order valence-corrected chi connectivity index (χ1v) is 10.5. The van der Waals surface area contributed by atoms with E-state index in [1.807, 2.05) is 36.4 Å². The highest BCUT2D eigenvalue weighted by Crippen LogP contribution is 2.43. The Morgan fingerprint density at radius 2 is 1.72 bits per heavy atom. The van der Waals surface area contributed by atoms with Crippen LogP contribution < -0.4 is 4.74 Å². The maximum Gasteiger partial charge on any atom is 0.273 e. The number of aromatic nitrogens is 2. The molecule has 1 amide bonds. The molecule has 5 nitrogen and oxygen atoms in total. The topological polar surface area (TPSA) is 58.2 Å². The molecule has 1 atom stereocenters. The Morgan fingerprint density at radius 3 is 2.38 bits per heavy atom. The number of carbonyl (C=O) groups excluding carboxylic acids is 1. The molecule has 0 saturated heterocycles. The molecular formula is C25H19ClFN3O2. The molecule has 2 heterocycles. The van der Waals surface area contributed by atoms with E-state index in [4.69, 9.17) is 16.3 Å². The van der Waals surface area contributed by atoms with E-state index in [1.54, 1.807) is 36.3 Å². The van der Waals surface area contributed by atoms with Crippen LogP contribution in [0.3, 0.4) is 0 Å². The van der Waals surface area contributed by atoms with Gasteiger partial charge >= 0.3 is 0 Å². The van der Waals surface area contributed by atoms with Crippen LogP contribution >= 0.6 is 11.6 Å². The predicted octanol–water partition coefficient (Wildman–Crippen LogP) is 5.62. The number of benzene rings is 3. The molecule has 160 valence electrons. The summed E-state index contributed by atoms with van der Waals surface area (Å²) in [5.74, 6) is 0.248. The van der Waals surface area contributed by atoms with Gasteiger partial charge in [-0.25, -0.2) is 4.39 Å². The lowest BCUT2D eigenvalue weighted by molar-refractivity contribution is 0.0730. The average molecular weight is 448 g/mol. The fourth-order valence-electron chi connectivity index (χ4n) is 4.11. The zero-order valence-electron chi connectivity index (χ0n) is 17.2. The Hall–Kier alpha value is -3.64. The Kier molecular flexibility index (Phi) is 5.15. The summed E-state index contributed by atoms with van der Waals surface area (Å²) in [6.45, 7) is 0.378. The highest BCUT2D eigenvalue weighted by molar-refractivity contribution is 6.30. The van der Waals surface area contributed by atoms with Gasteiger partial charge in [0, 0.05) is 22.7 Å². The molecule has 0 bridgehead atoms. The molecule has 1 unspecified atom stereocenters. The lowest BCUT2D eigenvalue weighted by atomic mass is 9.96. The number of carbonyl (C=O) groups is 1. The number of amides is 1. The Balaban J connectivity index is 1.61. The number of hydrogen-bond acceptors (Lipinski definition) is 3. The highest BCUT2D eigenvalue weighted by atomic mass is 35.5. The smallest absolute Gasteiger partial charge is 0.273 e. The molecule has 0 saturated carbocycles. The van der Waals surface area contributed by atoms with Crippen LogP contribution in [0.15, 0.2) is 72.8 Å². The van der Waals surface area contributed by atoms with Crippen molar-refractivity contribution in [1.29, 1.82) is 0 Å². The lowest BCUT2D eigenvalue weighted by Gasteiger charge is -2.26. The van der Waals surface area contributed by atoms with Crippen molar-refractivity contribution in [3.8, 4) is 17.0 Å². The molecular weight excluding hydrogens is 429 g/mol. The van der Waals surface area contributed by atoms with Gasteiger partial charge in [0.2, 0.25) is 0 Å². The summed E-state index contributed by atoms with van der Waals surface area (Å²) in [5.41, 5.74) is 4.52. The third-order valence-corrected chi connectivity index (χ3v) is 5.93. The fraction of sp³-hybridized carbons (Fsp3) is 0.120. The van der Waals surface area contributed by atoms with Gasteiger partial charge in [0.05, 0.1) is 18.8 Å². The number of ether oxygens (including phenoxy) is 1. The first-order chi connectivity index (χ1) is 15.5. The minimum Gasteiger partial charge on any atom is -0.497 e. The van der Waals surface area contributed by atoms with Crippen molar-refractivity contribution in [2.75, 3.05) is 7.11 Å². The number of nitrogens with one attached hydrogen (secondary N) is 1. The molecule has 5 rings (SSSR count). The van der Waals surface area contributed by atoms with E-state index in [9.17, 15) is 9.18 Å². The van der Waals surface area contributed by atoms with E-state index in [-0.39, 0.29) is 11.7 Å². The summed E-state index contributed by atoms with van der Waals surface area (Å²) in [5, 5.41) is 8.02. The number of H-pyrrole nitrogens is 1. The van der Waals surface area contributed by atoms with Gasteiger partial charge in [0.1, 0.15) is 17.3 Å². The summed E-state index contributed by atoms with van der Waals surface area (Å²) < 4.78 is 18.9. The van der Waals surface area contributed by atoms with E-state index in [0.29, 0.717) is 23.0 Å². The fourth-order valence-corrected chi connectivity index (χ4v) is 4.23. The van der Waals surface area contributed by atoms with Crippen LogP contribution in [0.2, 0.25) is 5.02 Å². The Bertz CT molecular complexity index is 1270. The quantitative estimate of drug-likeness (QED) is 0.431. The van der Waals surface area contributed by atoms with Crippen LogP contribution in [0.5, 0.6) is 5.75 Å². The number of aromatic amines is 1. The van der Waals surface area contributed by atoms with Crippen LogP contribution in [0.1, 0.15) is 33.2 Å². The van der Waals surface area contributed by atoms with Gasteiger partial charge in [-0.15, -0.1) is 0 Å². The summed E-state index contributed by atoms with van der Waals surface area (Å²) in [7, 11) is 1.61. The van der Waals surface area contributed by atoms with Gasteiger partial charge in [-0.1, -0.05) is 35.9 Å². The van der Waals surface area contributed by atoms with Crippen molar-refractivity contribution in [3.05, 3.63) is 106 Å². The van der Waals surface area contributed by atoms with Crippen molar-refractivity contribution >= 4 is 17.5 Å². The summed E-state index contributed by atoms with van der Waals surface area (Å²) in [4.78, 5) is 15.2. The summed E-state index contributed by atoms with van der Waals surface area (Å²) >= 11 is 6.02. The molecule has 4 aromatic rings. The largest absolute Gasteiger partial charge is 0.497 e. The molecule has 3 aromatic carbocycles. The van der Waals surface area contributed by atoms with E-state index in [2.05, 4.69) is 10.2 Å². The van der Waals surface area contributed by atoms with Gasteiger partial charge in [0.25, 0.3) is 5.91 Å². The number of methoxy groups -OCH3 is 1. The normalized spacial score (nSPS) is 15.2. The zero-order valence-corrected chi connectivity index (χ0v) is 17.9. The number of nitrogens with zero attached hydrogens (tertiary/aromatic N) is 2. The highest BCUT2D eigenvalue weighted by Gasteiger charge is 2.42. The van der Waals surface area contributed by atoms with Crippen LogP contribution in [-0.2, 0) is 6.54 Å². The minimum atomic E-state index is -0.412. The first kappa shape index (κ1) is 20.3. The molecule has 1 aromatic heterocycles. The molecule has 0 spiro atoms. The molecule has 0 aliphatic carbocycles. The molecule has 1 N–H and O–H groups in total. The lowest BCUT2D eigenvalue weighted by Crippen LogP contribution is -2.29. The van der Waals surface area contributed by atoms with E-state index < -0.39 is 6.04 Å². The summed E-state index contributed by atoms with van der Waals surface area (Å²) in [6, 6.07) is 20.7. The van der Waals surface area contributed by atoms with Gasteiger partial charge in [0.15, 0.2) is 0 Å². The molecule has 7 heteroatoms. The molecule has 1 aliphatic rings. The molecule has 0 fully saturated rings. The van der Waals surface area contributed by atoms with E-state index in [0.717, 1.165) is 28.0 Å². The maximum atomic E-state index is 13.7. The predicted molar refractivity (Wildman–Crippen MR) is 120 cm³/mol. The minimum absolute atomic E-state index is 0.156. The Labute approximate surface area is 189 Å². The van der Waals surface area contributed by atoms with Crippen LogP contribution in [-0.4, -0.2) is 28.1 Å². The maximum absolute atomic E-state index is 13.7. The van der Waals surface area contributed by atoms with Gasteiger partial charge in [-0.2, -0.15) is 5.10 Å². The number of hydrogen-bond donors (Lipinski definition) is 1. The second-order valence-corrected chi connectivity index (χ2v) is 8.04. The molecule has 32 heavy (non-hydrogen) atoms. The van der Waals surface area contributed by atoms with E-state index in [1.165, 1.54) is 12.1 Å². The van der Waals surface area contributed by atoms with Crippen molar-refractivity contribution in [3.63, 3.8) is 0 Å². The third-order valence-electron chi connectivity index (χ3n) is 5.68. The molecule has 1 aliphatic heterocycles. The monoisotopic (exact) mass is 447 g/mol. The van der Waals surface area contributed by atoms with Crippen LogP contribution in [0, 0.1) is 5.82 Å². The van der Waals surface area contributed by atoms with Crippen molar-refractivity contribution in [1.82, 2.24) is 15.1 Å². The standard InChI is InChI=1S/C25H19ClFN3O2/c1-32-20-12-6-16(7-13-20)22-21-23(29-28-22)25(31)30(14-15-2-8-18(26)9-3-15)24(21)17-4-10-19(27)11-5-17/h2-13,24H,14H2,1H3,(H,28,29). The second-order valence-electron chi connectivity index (χ2n) is 7.60. The van der Waals surface area contributed by atoms with E-state index >= 15 is 0 Å². The summed E-state index contributed by atoms with van der Waals surface area (Å²) in [6.07, 6.45) is 0. The number of rotatable bonds is 5. The van der Waals surface area contributed by atoms with Crippen LogP contribution in [0.4, 0.5) is 4.39 Å². The third kappa shape index (κ3) is 3.52.